The van der Waals surface area contributed by atoms with Crippen molar-refractivity contribution >= 4 is 17.5 Å². The monoisotopic (exact) mass is 265 g/mol. The molecular weight excluding hydrogens is 242 g/mol. The molecule has 1 heterocycles. The van der Waals surface area contributed by atoms with Crippen LogP contribution in [0.1, 0.15) is 27.2 Å². The zero-order chi connectivity index (χ0) is 14.3. The summed E-state index contributed by atoms with van der Waals surface area (Å²) in [5, 5.41) is 3.18. The Morgan fingerprint density at radius 1 is 1.47 bits per heavy atom. The second-order valence-corrected chi connectivity index (χ2v) is 4.93. The van der Waals surface area contributed by atoms with E-state index >= 15 is 0 Å². The Labute approximate surface area is 114 Å². The van der Waals surface area contributed by atoms with Crippen molar-refractivity contribution < 1.29 is 4.79 Å². The number of primary amides is 1. The molecule has 6 heteroatoms. The van der Waals surface area contributed by atoms with Crippen molar-refractivity contribution in [1.29, 1.82) is 0 Å². The number of nitrogens with two attached hydrogens (primary N) is 1. The first-order chi connectivity index (χ1) is 9.02. The van der Waals surface area contributed by atoms with Crippen molar-refractivity contribution in [2.45, 2.75) is 27.2 Å². The fraction of sp³-hybridized carbons (Fsp3) is 0.615. The van der Waals surface area contributed by atoms with Gasteiger partial charge in [-0.05, 0) is 12.3 Å². The van der Waals surface area contributed by atoms with E-state index in [1.807, 2.05) is 4.90 Å². The molecular formula is C13H23N5O. The summed E-state index contributed by atoms with van der Waals surface area (Å²) in [6.45, 7) is 7.97. The molecule has 0 bridgehead atoms. The largest absolute Gasteiger partial charge is 0.369 e. The van der Waals surface area contributed by atoms with Gasteiger partial charge in [-0.15, -0.1) is 0 Å². The average Bonchev–Trinajstić information content (AvgIpc) is 2.35. The van der Waals surface area contributed by atoms with E-state index in [9.17, 15) is 4.79 Å². The van der Waals surface area contributed by atoms with Crippen LogP contribution in [0, 0.1) is 5.92 Å². The Hall–Kier alpha value is -1.85. The van der Waals surface area contributed by atoms with E-state index in [1.54, 1.807) is 12.4 Å². The van der Waals surface area contributed by atoms with Crippen LogP contribution < -0.4 is 16.0 Å². The lowest BCUT2D eigenvalue weighted by Gasteiger charge is -2.24. The number of rotatable bonds is 8. The normalized spacial score (nSPS) is 10.5. The Bertz CT molecular complexity index is 408. The summed E-state index contributed by atoms with van der Waals surface area (Å²) in [5.41, 5.74) is 5.28. The van der Waals surface area contributed by atoms with Gasteiger partial charge in [-0.2, -0.15) is 0 Å². The molecule has 0 radical (unpaired) electrons. The maximum absolute atomic E-state index is 11.1. The predicted molar refractivity (Wildman–Crippen MR) is 77.1 cm³/mol. The summed E-state index contributed by atoms with van der Waals surface area (Å²) in [6.07, 6.45) is 4.35. The summed E-state index contributed by atoms with van der Waals surface area (Å²) in [5.74, 6) is 1.44. The van der Waals surface area contributed by atoms with Crippen LogP contribution in [0.25, 0.3) is 0 Å². The molecule has 0 aromatic carbocycles. The number of aromatic nitrogens is 2. The average molecular weight is 265 g/mol. The Balaban J connectivity index is 2.84. The highest BCUT2D eigenvalue weighted by molar-refractivity contribution is 5.79. The topological polar surface area (TPSA) is 84.1 Å². The maximum Gasteiger partial charge on any atom is 0.236 e. The van der Waals surface area contributed by atoms with Gasteiger partial charge < -0.3 is 16.0 Å². The molecule has 0 aliphatic heterocycles. The minimum Gasteiger partial charge on any atom is -0.369 e. The highest BCUT2D eigenvalue weighted by Crippen LogP contribution is 2.14. The smallest absolute Gasteiger partial charge is 0.236 e. The number of carbonyl (C=O) groups excluding carboxylic acids is 1. The third-order valence-electron chi connectivity index (χ3n) is 2.43. The highest BCUT2D eigenvalue weighted by Gasteiger charge is 2.13. The first kappa shape index (κ1) is 15.2. The van der Waals surface area contributed by atoms with Crippen LogP contribution in [0.2, 0.25) is 0 Å². The second kappa shape index (κ2) is 7.56. The fourth-order valence-electron chi connectivity index (χ4n) is 1.71. The number of amides is 1. The first-order valence-electron chi connectivity index (χ1n) is 6.62. The molecule has 19 heavy (non-hydrogen) atoms. The van der Waals surface area contributed by atoms with E-state index in [4.69, 9.17) is 5.73 Å². The third kappa shape index (κ3) is 5.54. The van der Waals surface area contributed by atoms with Gasteiger partial charge in [0.25, 0.3) is 0 Å². The van der Waals surface area contributed by atoms with Crippen LogP contribution in [0.5, 0.6) is 0 Å². The Morgan fingerprint density at radius 2 is 2.21 bits per heavy atom. The van der Waals surface area contributed by atoms with E-state index in [0.29, 0.717) is 11.7 Å². The molecule has 1 aromatic rings. The number of carbonyl (C=O) groups is 1. The van der Waals surface area contributed by atoms with Crippen LogP contribution in [0.4, 0.5) is 11.6 Å². The van der Waals surface area contributed by atoms with Gasteiger partial charge in [0, 0.05) is 13.1 Å². The van der Waals surface area contributed by atoms with Gasteiger partial charge in [-0.1, -0.05) is 20.8 Å². The summed E-state index contributed by atoms with van der Waals surface area (Å²) >= 11 is 0. The zero-order valence-electron chi connectivity index (χ0n) is 11.9. The number of anilines is 2. The van der Waals surface area contributed by atoms with Gasteiger partial charge in [0.15, 0.2) is 0 Å². The molecule has 106 valence electrons. The summed E-state index contributed by atoms with van der Waals surface area (Å²) < 4.78 is 0. The molecule has 1 rings (SSSR count). The van der Waals surface area contributed by atoms with Crippen LogP contribution in [-0.4, -0.2) is 35.5 Å². The van der Waals surface area contributed by atoms with Gasteiger partial charge in [0.2, 0.25) is 5.91 Å². The molecule has 0 spiro atoms. The molecule has 0 atom stereocenters. The van der Waals surface area contributed by atoms with Crippen LogP contribution in [-0.2, 0) is 4.79 Å². The predicted octanol–water partition coefficient (Wildman–Crippen LogP) is 1.25. The van der Waals surface area contributed by atoms with Crippen molar-refractivity contribution in [3.05, 3.63) is 12.4 Å². The van der Waals surface area contributed by atoms with Crippen molar-refractivity contribution in [3.63, 3.8) is 0 Å². The van der Waals surface area contributed by atoms with E-state index in [-0.39, 0.29) is 12.5 Å². The fourth-order valence-corrected chi connectivity index (χ4v) is 1.71. The summed E-state index contributed by atoms with van der Waals surface area (Å²) in [6, 6.07) is 0. The van der Waals surface area contributed by atoms with E-state index < -0.39 is 0 Å². The van der Waals surface area contributed by atoms with E-state index in [1.165, 1.54) is 0 Å². The molecule has 0 fully saturated rings. The van der Waals surface area contributed by atoms with E-state index in [2.05, 4.69) is 36.1 Å². The number of nitrogens with one attached hydrogen (secondary N) is 1. The zero-order valence-corrected chi connectivity index (χ0v) is 11.9. The molecule has 1 amide bonds. The van der Waals surface area contributed by atoms with Crippen molar-refractivity contribution in [3.8, 4) is 0 Å². The van der Waals surface area contributed by atoms with Crippen molar-refractivity contribution in [1.82, 2.24) is 9.97 Å². The van der Waals surface area contributed by atoms with Gasteiger partial charge >= 0.3 is 0 Å². The SMILES string of the molecule is CCCNc1cncc(N(CC(N)=O)CC(C)C)n1. The molecule has 0 saturated carbocycles. The van der Waals surface area contributed by atoms with Gasteiger partial charge in [0.05, 0.1) is 18.9 Å². The quantitative estimate of drug-likeness (QED) is 0.739. The van der Waals surface area contributed by atoms with Gasteiger partial charge in [-0.3, -0.25) is 9.78 Å². The van der Waals surface area contributed by atoms with Gasteiger partial charge in [-0.25, -0.2) is 4.98 Å². The lowest BCUT2D eigenvalue weighted by atomic mass is 10.2. The molecule has 0 aliphatic rings. The first-order valence-corrected chi connectivity index (χ1v) is 6.62. The Morgan fingerprint density at radius 3 is 2.79 bits per heavy atom. The lowest BCUT2D eigenvalue weighted by molar-refractivity contribution is -0.116. The molecule has 0 unspecified atom stereocenters. The lowest BCUT2D eigenvalue weighted by Crippen LogP contribution is -2.37. The van der Waals surface area contributed by atoms with Gasteiger partial charge in [0.1, 0.15) is 11.6 Å². The molecule has 0 aliphatic carbocycles. The standard InChI is InChI=1S/C13H23N5O/c1-4-5-16-12-6-15-7-13(17-12)18(8-10(2)3)9-11(14)19/h6-7,10H,4-5,8-9H2,1-3H3,(H2,14,19)(H,16,17). The van der Waals surface area contributed by atoms with Crippen molar-refractivity contribution in [2.75, 3.05) is 29.9 Å². The number of hydrogen-bond donors (Lipinski definition) is 2. The minimum absolute atomic E-state index is 0.157. The molecule has 0 saturated heterocycles. The minimum atomic E-state index is -0.366. The van der Waals surface area contributed by atoms with Crippen LogP contribution in [0.15, 0.2) is 12.4 Å². The molecule has 3 N–H and O–H groups in total. The second-order valence-electron chi connectivity index (χ2n) is 4.93. The summed E-state index contributed by atoms with van der Waals surface area (Å²) in [4.78, 5) is 21.6. The highest BCUT2D eigenvalue weighted by atomic mass is 16.1. The number of hydrogen-bond acceptors (Lipinski definition) is 5. The summed E-state index contributed by atoms with van der Waals surface area (Å²) in [7, 11) is 0. The molecule has 1 aromatic heterocycles. The number of nitrogens with zero attached hydrogens (tertiary/aromatic N) is 3. The van der Waals surface area contributed by atoms with Crippen LogP contribution in [0.3, 0.4) is 0 Å². The Kier molecular flexibility index (Phi) is 6.05. The van der Waals surface area contributed by atoms with Crippen LogP contribution >= 0.6 is 0 Å². The van der Waals surface area contributed by atoms with Crippen molar-refractivity contribution in [2.24, 2.45) is 11.7 Å². The maximum atomic E-state index is 11.1. The molecule has 6 nitrogen and oxygen atoms in total. The third-order valence-corrected chi connectivity index (χ3v) is 2.43. The van der Waals surface area contributed by atoms with E-state index in [0.717, 1.165) is 25.3 Å².